The molecular formula is C35H44FN5O6. The Morgan fingerprint density at radius 3 is 2.32 bits per heavy atom. The Labute approximate surface area is 274 Å². The molecule has 3 N–H and O–H groups in total. The Morgan fingerprint density at radius 2 is 1.66 bits per heavy atom. The molecule has 11 nitrogen and oxygen atoms in total. The third-order valence-corrected chi connectivity index (χ3v) is 9.23. The number of ether oxygens (including phenoxy) is 1. The number of furan rings is 1. The number of hydrogen-bond acceptors (Lipinski definition) is 7. The minimum atomic E-state index is -1.05. The maximum Gasteiger partial charge on any atom is 0.245 e. The molecule has 3 aromatic rings. The van der Waals surface area contributed by atoms with Gasteiger partial charge in [-0.15, -0.1) is 0 Å². The molecule has 0 radical (unpaired) electrons. The van der Waals surface area contributed by atoms with Gasteiger partial charge in [-0.1, -0.05) is 32.3 Å². The molecule has 0 unspecified atom stereocenters. The normalized spacial score (nSPS) is 17.1. The zero-order chi connectivity index (χ0) is 33.5. The molecule has 1 aromatic heterocycles. The molecule has 0 spiro atoms. The van der Waals surface area contributed by atoms with Crippen LogP contribution in [0.4, 0.5) is 15.8 Å². The van der Waals surface area contributed by atoms with Crippen LogP contribution in [0.2, 0.25) is 0 Å². The van der Waals surface area contributed by atoms with E-state index in [1.807, 2.05) is 7.05 Å². The first-order valence-corrected chi connectivity index (χ1v) is 16.4. The fraction of sp³-hybridized carbons (Fsp3) is 0.486. The Balaban J connectivity index is 1.30. The number of methoxy groups -OCH3 is 1. The van der Waals surface area contributed by atoms with Crippen molar-refractivity contribution in [1.29, 1.82) is 0 Å². The third kappa shape index (κ3) is 8.29. The monoisotopic (exact) mass is 649 g/mol. The van der Waals surface area contributed by atoms with Crippen molar-refractivity contribution < 1.29 is 32.7 Å². The van der Waals surface area contributed by atoms with Gasteiger partial charge in [-0.05, 0) is 55.6 Å². The number of carbonyl (C=O) groups excluding carboxylic acids is 4. The van der Waals surface area contributed by atoms with Crippen molar-refractivity contribution in [2.75, 3.05) is 51.0 Å². The standard InChI is InChI=1S/C35H44FN5O6/c1-4-31(42)37-28(35(45)41-16-14-40(2)15-17-41)19-22-10-13-27(26(36)18-22)38-33(43)32(23-8-6-5-7-9-23)34(44)39-29-21-47-30-20-24(46-3)11-12-25(29)30/h10-13,18,20-21,23,28,32H,4-9,14-17,19H2,1-3H3,(H,37,42)(H,38,43)(H,39,44)/t28-,32-/m1/s1. The summed E-state index contributed by atoms with van der Waals surface area (Å²) < 4.78 is 26.4. The molecule has 2 atom stereocenters. The second-order valence-electron chi connectivity index (χ2n) is 12.5. The molecule has 1 aliphatic carbocycles. The number of fused-ring (bicyclic) bond motifs is 1. The van der Waals surface area contributed by atoms with E-state index in [9.17, 15) is 19.2 Å². The summed E-state index contributed by atoms with van der Waals surface area (Å²) in [6.07, 6.45) is 6.01. The molecule has 4 amide bonds. The molecule has 1 saturated heterocycles. The van der Waals surface area contributed by atoms with Gasteiger partial charge in [0, 0.05) is 50.5 Å². The molecule has 252 valence electrons. The number of nitrogens with one attached hydrogen (secondary N) is 3. The van der Waals surface area contributed by atoms with Crippen LogP contribution in [-0.2, 0) is 25.6 Å². The van der Waals surface area contributed by atoms with Gasteiger partial charge in [-0.25, -0.2) is 4.39 Å². The maximum absolute atomic E-state index is 15.5. The van der Waals surface area contributed by atoms with E-state index in [1.165, 1.54) is 18.4 Å². The Hall–Kier alpha value is -4.45. The van der Waals surface area contributed by atoms with Crippen LogP contribution in [0.3, 0.4) is 0 Å². The molecule has 2 aromatic carbocycles. The number of nitrogens with zero attached hydrogens (tertiary/aromatic N) is 2. The van der Waals surface area contributed by atoms with E-state index >= 15 is 4.39 Å². The smallest absolute Gasteiger partial charge is 0.245 e. The van der Waals surface area contributed by atoms with Crippen LogP contribution < -0.4 is 20.7 Å². The van der Waals surface area contributed by atoms with Crippen molar-refractivity contribution >= 4 is 46.0 Å². The van der Waals surface area contributed by atoms with Gasteiger partial charge in [0.25, 0.3) is 0 Å². The van der Waals surface area contributed by atoms with Crippen molar-refractivity contribution in [2.24, 2.45) is 11.8 Å². The minimum absolute atomic E-state index is 0.0623. The molecule has 5 rings (SSSR count). The van der Waals surface area contributed by atoms with Crippen LogP contribution in [-0.4, -0.2) is 79.8 Å². The Morgan fingerprint density at radius 1 is 0.957 bits per heavy atom. The predicted molar refractivity (Wildman–Crippen MR) is 176 cm³/mol. The van der Waals surface area contributed by atoms with Crippen molar-refractivity contribution in [3.63, 3.8) is 0 Å². The van der Waals surface area contributed by atoms with E-state index in [4.69, 9.17) is 9.15 Å². The maximum atomic E-state index is 15.5. The molecule has 0 bridgehead atoms. The summed E-state index contributed by atoms with van der Waals surface area (Å²) >= 11 is 0. The quantitative estimate of drug-likeness (QED) is 0.259. The van der Waals surface area contributed by atoms with Gasteiger partial charge in [0.15, 0.2) is 0 Å². The highest BCUT2D eigenvalue weighted by atomic mass is 19.1. The Bertz CT molecular complexity index is 1590. The van der Waals surface area contributed by atoms with E-state index < -0.39 is 29.6 Å². The second-order valence-corrected chi connectivity index (χ2v) is 12.5. The van der Waals surface area contributed by atoms with Crippen LogP contribution in [0.1, 0.15) is 51.0 Å². The van der Waals surface area contributed by atoms with Crippen LogP contribution in [0.15, 0.2) is 47.1 Å². The van der Waals surface area contributed by atoms with Crippen molar-refractivity contribution in [2.45, 2.75) is 57.9 Å². The van der Waals surface area contributed by atoms with Gasteiger partial charge in [-0.3, -0.25) is 19.2 Å². The van der Waals surface area contributed by atoms with Crippen LogP contribution in [0.25, 0.3) is 11.0 Å². The van der Waals surface area contributed by atoms with E-state index in [0.717, 1.165) is 32.4 Å². The molecule has 1 saturated carbocycles. The Kier molecular flexibility index (Phi) is 11.1. The highest BCUT2D eigenvalue weighted by Crippen LogP contribution is 2.34. The number of rotatable bonds is 11. The first-order valence-electron chi connectivity index (χ1n) is 16.4. The van der Waals surface area contributed by atoms with Crippen LogP contribution in [0, 0.1) is 17.7 Å². The van der Waals surface area contributed by atoms with Gasteiger partial charge in [-0.2, -0.15) is 0 Å². The highest BCUT2D eigenvalue weighted by Gasteiger charge is 2.36. The SMILES string of the molecule is CCC(=O)N[C@H](Cc1ccc(NC(=O)[C@H](C(=O)Nc2coc3cc(OC)ccc23)C2CCCCC2)c(F)c1)C(=O)N1CCN(C)CC1. The second kappa shape index (κ2) is 15.4. The lowest BCUT2D eigenvalue weighted by molar-refractivity contribution is -0.137. The largest absolute Gasteiger partial charge is 0.497 e. The van der Waals surface area contributed by atoms with E-state index in [0.29, 0.717) is 53.9 Å². The zero-order valence-corrected chi connectivity index (χ0v) is 27.3. The predicted octanol–water partition coefficient (Wildman–Crippen LogP) is 4.57. The highest BCUT2D eigenvalue weighted by molar-refractivity contribution is 6.13. The molecule has 2 aliphatic rings. The molecule has 2 heterocycles. The van der Waals surface area contributed by atoms with Gasteiger partial charge in [0.05, 0.1) is 18.5 Å². The summed E-state index contributed by atoms with van der Waals surface area (Å²) in [5.41, 5.74) is 1.40. The van der Waals surface area contributed by atoms with Gasteiger partial charge >= 0.3 is 0 Å². The lowest BCUT2D eigenvalue weighted by atomic mass is 9.79. The average Bonchev–Trinajstić information content (AvgIpc) is 3.47. The number of likely N-dealkylation sites (N-methyl/N-ethyl adjacent to an activating group) is 1. The van der Waals surface area contributed by atoms with Crippen molar-refractivity contribution in [3.8, 4) is 5.75 Å². The first kappa shape index (κ1) is 33.9. The summed E-state index contributed by atoms with van der Waals surface area (Å²) in [4.78, 5) is 56.9. The molecule has 12 heteroatoms. The molecule has 1 aliphatic heterocycles. The van der Waals surface area contributed by atoms with Crippen molar-refractivity contribution in [1.82, 2.24) is 15.1 Å². The summed E-state index contributed by atoms with van der Waals surface area (Å²) in [7, 11) is 3.54. The number of halogens is 1. The van der Waals surface area contributed by atoms with Crippen molar-refractivity contribution in [3.05, 3.63) is 54.0 Å². The number of benzene rings is 2. The molecule has 47 heavy (non-hydrogen) atoms. The lowest BCUT2D eigenvalue weighted by Gasteiger charge is -2.34. The van der Waals surface area contributed by atoms with E-state index in [-0.39, 0.29) is 36.3 Å². The van der Waals surface area contributed by atoms with E-state index in [2.05, 4.69) is 20.9 Å². The average molecular weight is 650 g/mol. The first-order chi connectivity index (χ1) is 22.7. The fourth-order valence-electron chi connectivity index (χ4n) is 6.43. The third-order valence-electron chi connectivity index (χ3n) is 9.23. The fourth-order valence-corrected chi connectivity index (χ4v) is 6.43. The van der Waals surface area contributed by atoms with Crippen LogP contribution in [0.5, 0.6) is 5.75 Å². The minimum Gasteiger partial charge on any atom is -0.497 e. The zero-order valence-electron chi connectivity index (χ0n) is 27.3. The molecular weight excluding hydrogens is 605 g/mol. The molecule has 2 fully saturated rings. The van der Waals surface area contributed by atoms with Crippen LogP contribution >= 0.6 is 0 Å². The number of hydrogen-bond donors (Lipinski definition) is 3. The lowest BCUT2D eigenvalue weighted by Crippen LogP contribution is -2.54. The summed E-state index contributed by atoms with van der Waals surface area (Å²) in [5.74, 6) is -2.88. The number of amides is 4. The summed E-state index contributed by atoms with van der Waals surface area (Å²) in [5, 5.41) is 8.99. The van der Waals surface area contributed by atoms with Gasteiger partial charge in [0.2, 0.25) is 23.6 Å². The van der Waals surface area contributed by atoms with E-state index in [1.54, 1.807) is 43.2 Å². The topological polar surface area (TPSA) is 133 Å². The summed E-state index contributed by atoms with van der Waals surface area (Å²) in [6.45, 7) is 4.27. The number of carbonyl (C=O) groups is 4. The number of piperazine rings is 1. The van der Waals surface area contributed by atoms with Gasteiger partial charge < -0.3 is 34.9 Å². The summed E-state index contributed by atoms with van der Waals surface area (Å²) in [6, 6.07) is 8.73. The van der Waals surface area contributed by atoms with Gasteiger partial charge in [0.1, 0.15) is 35.4 Å². The number of anilines is 2.